The van der Waals surface area contributed by atoms with Crippen LogP contribution < -0.4 is 0 Å². The molecule has 0 unspecified atom stereocenters. The standard InChI is InChI=1S/C16H14N2O5/c1-7-3-13(21)9(5-11(7)19)15-17-18-16(23-15)10-6-12(20)8(2)4-14(10)22/h3-6,19-22H,1-2H3. The fraction of sp³-hybridized carbons (Fsp3) is 0.125. The summed E-state index contributed by atoms with van der Waals surface area (Å²) in [5, 5.41) is 47.0. The van der Waals surface area contributed by atoms with Crippen LogP contribution in [0.3, 0.4) is 0 Å². The Labute approximate surface area is 131 Å². The first-order valence-electron chi connectivity index (χ1n) is 6.76. The van der Waals surface area contributed by atoms with E-state index in [1.807, 2.05) is 0 Å². The van der Waals surface area contributed by atoms with E-state index in [-0.39, 0.29) is 45.9 Å². The van der Waals surface area contributed by atoms with Gasteiger partial charge in [0.05, 0.1) is 11.1 Å². The summed E-state index contributed by atoms with van der Waals surface area (Å²) in [6, 6.07) is 5.39. The van der Waals surface area contributed by atoms with Crippen LogP contribution in [-0.2, 0) is 0 Å². The van der Waals surface area contributed by atoms with E-state index >= 15 is 0 Å². The zero-order chi connectivity index (χ0) is 16.7. The molecule has 1 heterocycles. The van der Waals surface area contributed by atoms with Gasteiger partial charge in [0.15, 0.2) is 0 Å². The van der Waals surface area contributed by atoms with Crippen molar-refractivity contribution >= 4 is 0 Å². The SMILES string of the molecule is Cc1cc(O)c(-c2nnc(-c3cc(O)c(C)cc3O)o2)cc1O. The molecule has 23 heavy (non-hydrogen) atoms. The lowest BCUT2D eigenvalue weighted by Gasteiger charge is -2.05. The fourth-order valence-corrected chi connectivity index (χ4v) is 2.15. The molecule has 0 aliphatic heterocycles. The maximum atomic E-state index is 9.96. The van der Waals surface area contributed by atoms with Gasteiger partial charge in [-0.3, -0.25) is 0 Å². The topological polar surface area (TPSA) is 120 Å². The van der Waals surface area contributed by atoms with Gasteiger partial charge in [-0.1, -0.05) is 0 Å². The normalized spacial score (nSPS) is 10.9. The molecule has 0 saturated carbocycles. The quantitative estimate of drug-likeness (QED) is 0.537. The van der Waals surface area contributed by atoms with Crippen LogP contribution in [0.25, 0.3) is 22.9 Å². The number of aromatic hydroxyl groups is 4. The minimum Gasteiger partial charge on any atom is -0.508 e. The molecule has 0 atom stereocenters. The second-order valence-corrected chi connectivity index (χ2v) is 5.22. The molecule has 1 aromatic heterocycles. The number of aryl methyl sites for hydroxylation is 2. The molecule has 2 aromatic carbocycles. The molecule has 7 nitrogen and oxygen atoms in total. The molecule has 3 rings (SSSR count). The summed E-state index contributed by atoms with van der Waals surface area (Å²) in [7, 11) is 0. The Balaban J connectivity index is 2.08. The summed E-state index contributed by atoms with van der Waals surface area (Å²) in [4.78, 5) is 0. The summed E-state index contributed by atoms with van der Waals surface area (Å²) in [5.41, 5.74) is 1.35. The van der Waals surface area contributed by atoms with Gasteiger partial charge in [0.25, 0.3) is 11.8 Å². The molecule has 0 aliphatic carbocycles. The fourth-order valence-electron chi connectivity index (χ4n) is 2.15. The number of hydrogen-bond donors (Lipinski definition) is 4. The van der Waals surface area contributed by atoms with Crippen molar-refractivity contribution in [3.8, 4) is 45.9 Å². The Bertz CT molecular complexity index is 830. The lowest BCUT2D eigenvalue weighted by atomic mass is 10.1. The molecule has 3 aromatic rings. The van der Waals surface area contributed by atoms with Gasteiger partial charge in [0, 0.05) is 0 Å². The van der Waals surface area contributed by atoms with Crippen molar-refractivity contribution in [2.45, 2.75) is 13.8 Å². The summed E-state index contributed by atoms with van der Waals surface area (Å²) in [6.45, 7) is 3.29. The maximum absolute atomic E-state index is 9.96. The molecule has 0 fully saturated rings. The lowest BCUT2D eigenvalue weighted by Crippen LogP contribution is -1.82. The molecule has 0 radical (unpaired) electrons. The molecule has 0 amide bonds. The average Bonchev–Trinajstić information content (AvgIpc) is 2.96. The molecule has 0 saturated heterocycles. The van der Waals surface area contributed by atoms with Gasteiger partial charge in [-0.15, -0.1) is 10.2 Å². The van der Waals surface area contributed by atoms with Crippen molar-refractivity contribution in [3.05, 3.63) is 35.4 Å². The van der Waals surface area contributed by atoms with Gasteiger partial charge >= 0.3 is 0 Å². The van der Waals surface area contributed by atoms with Crippen molar-refractivity contribution in [2.24, 2.45) is 0 Å². The summed E-state index contributed by atoms with van der Waals surface area (Å²) in [6.07, 6.45) is 0. The smallest absolute Gasteiger partial charge is 0.252 e. The second-order valence-electron chi connectivity index (χ2n) is 5.22. The van der Waals surface area contributed by atoms with Crippen LogP contribution in [-0.4, -0.2) is 30.6 Å². The Morgan fingerprint density at radius 3 is 1.43 bits per heavy atom. The van der Waals surface area contributed by atoms with E-state index in [0.717, 1.165) is 0 Å². The van der Waals surface area contributed by atoms with Crippen molar-refractivity contribution < 1.29 is 24.8 Å². The minimum atomic E-state index is -0.119. The number of hydrogen-bond acceptors (Lipinski definition) is 7. The predicted octanol–water partition coefficient (Wildman–Crippen LogP) is 2.84. The molecular weight excluding hydrogens is 300 g/mol. The Hall–Kier alpha value is -3.22. The van der Waals surface area contributed by atoms with E-state index in [1.54, 1.807) is 13.8 Å². The minimum absolute atomic E-state index is 0.0200. The van der Waals surface area contributed by atoms with Gasteiger partial charge in [-0.2, -0.15) is 0 Å². The largest absolute Gasteiger partial charge is 0.508 e. The first-order valence-corrected chi connectivity index (χ1v) is 6.76. The molecule has 118 valence electrons. The van der Waals surface area contributed by atoms with Crippen LogP contribution in [0, 0.1) is 13.8 Å². The number of phenolic OH excluding ortho intramolecular Hbond substituents is 4. The highest BCUT2D eigenvalue weighted by Crippen LogP contribution is 2.38. The molecule has 4 N–H and O–H groups in total. The highest BCUT2D eigenvalue weighted by atomic mass is 16.4. The van der Waals surface area contributed by atoms with Crippen LogP contribution in [0.15, 0.2) is 28.7 Å². The van der Waals surface area contributed by atoms with Crippen molar-refractivity contribution in [1.29, 1.82) is 0 Å². The van der Waals surface area contributed by atoms with E-state index in [0.29, 0.717) is 11.1 Å². The molecular formula is C16H14N2O5. The number of aromatic nitrogens is 2. The zero-order valence-corrected chi connectivity index (χ0v) is 12.4. The summed E-state index contributed by atoms with van der Waals surface area (Å²) in [5.74, 6) is -0.320. The third-order valence-corrected chi connectivity index (χ3v) is 3.51. The Morgan fingerprint density at radius 1 is 0.652 bits per heavy atom. The number of phenols is 4. The van der Waals surface area contributed by atoms with E-state index in [2.05, 4.69) is 10.2 Å². The number of benzene rings is 2. The van der Waals surface area contributed by atoms with E-state index < -0.39 is 0 Å². The van der Waals surface area contributed by atoms with Crippen molar-refractivity contribution in [1.82, 2.24) is 10.2 Å². The van der Waals surface area contributed by atoms with Gasteiger partial charge in [-0.05, 0) is 49.2 Å². The van der Waals surface area contributed by atoms with Crippen molar-refractivity contribution in [2.75, 3.05) is 0 Å². The zero-order valence-electron chi connectivity index (χ0n) is 12.4. The monoisotopic (exact) mass is 314 g/mol. The third-order valence-electron chi connectivity index (χ3n) is 3.51. The van der Waals surface area contributed by atoms with E-state index in [4.69, 9.17) is 4.42 Å². The highest BCUT2D eigenvalue weighted by molar-refractivity contribution is 5.69. The molecule has 7 heteroatoms. The third kappa shape index (κ3) is 2.52. The summed E-state index contributed by atoms with van der Waals surface area (Å²) < 4.78 is 5.44. The average molecular weight is 314 g/mol. The van der Waals surface area contributed by atoms with Crippen LogP contribution in [0.4, 0.5) is 0 Å². The van der Waals surface area contributed by atoms with Gasteiger partial charge in [-0.25, -0.2) is 0 Å². The summed E-state index contributed by atoms with van der Waals surface area (Å²) >= 11 is 0. The number of rotatable bonds is 2. The second kappa shape index (κ2) is 5.20. The number of nitrogens with zero attached hydrogens (tertiary/aromatic N) is 2. The van der Waals surface area contributed by atoms with Crippen LogP contribution >= 0.6 is 0 Å². The Kier molecular flexibility index (Phi) is 3.33. The first-order chi connectivity index (χ1) is 10.9. The first kappa shape index (κ1) is 14.7. The van der Waals surface area contributed by atoms with Gasteiger partial charge in [0.1, 0.15) is 23.0 Å². The Morgan fingerprint density at radius 2 is 1.04 bits per heavy atom. The lowest BCUT2D eigenvalue weighted by molar-refractivity contribution is 0.453. The highest BCUT2D eigenvalue weighted by Gasteiger charge is 2.18. The predicted molar refractivity (Wildman–Crippen MR) is 81.3 cm³/mol. The molecule has 0 aliphatic rings. The van der Waals surface area contributed by atoms with Crippen LogP contribution in [0.1, 0.15) is 11.1 Å². The van der Waals surface area contributed by atoms with Gasteiger partial charge in [0.2, 0.25) is 0 Å². The molecule has 0 bridgehead atoms. The molecule has 0 spiro atoms. The van der Waals surface area contributed by atoms with Crippen LogP contribution in [0.2, 0.25) is 0 Å². The van der Waals surface area contributed by atoms with Crippen LogP contribution in [0.5, 0.6) is 23.0 Å². The maximum Gasteiger partial charge on any atom is 0.252 e. The van der Waals surface area contributed by atoms with Gasteiger partial charge < -0.3 is 24.8 Å². The van der Waals surface area contributed by atoms with E-state index in [9.17, 15) is 20.4 Å². The van der Waals surface area contributed by atoms with E-state index in [1.165, 1.54) is 24.3 Å². The van der Waals surface area contributed by atoms with Crippen molar-refractivity contribution in [3.63, 3.8) is 0 Å².